The minimum Gasteiger partial charge on any atom is -0.326 e. The molecule has 3 rings (SSSR count). The van der Waals surface area contributed by atoms with Gasteiger partial charge in [-0.05, 0) is 54.7 Å². The van der Waals surface area contributed by atoms with E-state index in [2.05, 4.69) is 31.3 Å². The molecule has 0 spiro atoms. The van der Waals surface area contributed by atoms with E-state index in [1.54, 1.807) is 36.4 Å². The lowest BCUT2D eigenvalue weighted by Gasteiger charge is -2.14. The number of ketones is 1. The molecule has 0 radical (unpaired) electrons. The molecule has 3 aromatic carbocycles. The molecule has 3 aromatic rings. The molecular weight excluding hydrogens is 358 g/mol. The van der Waals surface area contributed by atoms with Gasteiger partial charge in [0.2, 0.25) is 5.91 Å². The van der Waals surface area contributed by atoms with E-state index in [1.165, 1.54) is 5.56 Å². The van der Waals surface area contributed by atoms with Crippen LogP contribution in [0.2, 0.25) is 0 Å². The van der Waals surface area contributed by atoms with E-state index in [4.69, 9.17) is 0 Å². The number of hydrogen-bond acceptors (Lipinski definition) is 2. The molecule has 0 heterocycles. The van der Waals surface area contributed by atoms with Gasteiger partial charge in [0.15, 0.2) is 5.78 Å². The third-order valence-corrected chi connectivity index (χ3v) is 4.97. The number of carbonyl (C=O) groups is 2. The highest BCUT2D eigenvalue weighted by Crippen LogP contribution is 2.20. The molecule has 0 saturated carbocycles. The van der Waals surface area contributed by atoms with E-state index in [0.29, 0.717) is 22.7 Å². The Morgan fingerprint density at radius 2 is 1.34 bits per heavy atom. The third-order valence-electron chi connectivity index (χ3n) is 4.97. The van der Waals surface area contributed by atoms with Gasteiger partial charge in [0.05, 0.1) is 5.92 Å². The molecule has 0 saturated heterocycles. The smallest absolute Gasteiger partial charge is 0.231 e. The van der Waals surface area contributed by atoms with Crippen molar-refractivity contribution in [2.75, 3.05) is 5.32 Å². The summed E-state index contributed by atoms with van der Waals surface area (Å²) in [5, 5.41) is 2.94. The number of benzene rings is 3. The SMILES string of the molecule is CC(C)Cc1ccc([C@@H](C)C(=O)Nc2ccc(C(=O)c3ccccc3)cc2)cc1. The Balaban J connectivity index is 1.63. The van der Waals surface area contributed by atoms with Crippen LogP contribution >= 0.6 is 0 Å². The predicted molar refractivity (Wildman–Crippen MR) is 118 cm³/mol. The van der Waals surface area contributed by atoms with Gasteiger partial charge in [0.25, 0.3) is 0 Å². The van der Waals surface area contributed by atoms with Crippen molar-refractivity contribution in [1.29, 1.82) is 0 Å². The first-order valence-electron chi connectivity index (χ1n) is 10.0. The monoisotopic (exact) mass is 385 g/mol. The van der Waals surface area contributed by atoms with Gasteiger partial charge in [-0.3, -0.25) is 9.59 Å². The molecule has 1 atom stereocenters. The van der Waals surface area contributed by atoms with Gasteiger partial charge in [-0.1, -0.05) is 68.4 Å². The summed E-state index contributed by atoms with van der Waals surface area (Å²) < 4.78 is 0. The highest BCUT2D eigenvalue weighted by Gasteiger charge is 2.16. The number of nitrogens with one attached hydrogen (secondary N) is 1. The van der Waals surface area contributed by atoms with Gasteiger partial charge in [0.1, 0.15) is 0 Å². The molecule has 0 aliphatic carbocycles. The Morgan fingerprint density at radius 1 is 0.759 bits per heavy atom. The fourth-order valence-corrected chi connectivity index (χ4v) is 3.28. The Kier molecular flexibility index (Phi) is 6.61. The zero-order valence-electron chi connectivity index (χ0n) is 17.2. The molecule has 0 aliphatic rings. The first-order chi connectivity index (χ1) is 13.9. The van der Waals surface area contributed by atoms with Gasteiger partial charge >= 0.3 is 0 Å². The second kappa shape index (κ2) is 9.33. The van der Waals surface area contributed by atoms with Crippen molar-refractivity contribution in [3.8, 4) is 0 Å². The Labute approximate surface area is 172 Å². The van der Waals surface area contributed by atoms with Crippen molar-refractivity contribution < 1.29 is 9.59 Å². The topological polar surface area (TPSA) is 46.2 Å². The van der Waals surface area contributed by atoms with Crippen molar-refractivity contribution in [3.05, 3.63) is 101 Å². The van der Waals surface area contributed by atoms with Gasteiger partial charge in [-0.25, -0.2) is 0 Å². The average Bonchev–Trinajstić information content (AvgIpc) is 2.74. The Morgan fingerprint density at radius 3 is 1.93 bits per heavy atom. The minimum absolute atomic E-state index is 0.0293. The van der Waals surface area contributed by atoms with Crippen LogP contribution in [0.3, 0.4) is 0 Å². The maximum absolute atomic E-state index is 12.6. The number of amides is 1. The van der Waals surface area contributed by atoms with E-state index in [9.17, 15) is 9.59 Å². The average molecular weight is 386 g/mol. The van der Waals surface area contributed by atoms with Crippen molar-refractivity contribution >= 4 is 17.4 Å². The van der Waals surface area contributed by atoms with Crippen LogP contribution < -0.4 is 5.32 Å². The summed E-state index contributed by atoms with van der Waals surface area (Å²) in [6.07, 6.45) is 1.04. The van der Waals surface area contributed by atoms with Crippen LogP contribution in [0.5, 0.6) is 0 Å². The normalized spacial score (nSPS) is 11.9. The summed E-state index contributed by atoms with van der Waals surface area (Å²) in [6, 6.07) is 24.5. The summed E-state index contributed by atoms with van der Waals surface area (Å²) in [5.41, 5.74) is 4.21. The first kappa shape index (κ1) is 20.5. The van der Waals surface area contributed by atoms with Crippen molar-refractivity contribution in [1.82, 2.24) is 0 Å². The molecule has 0 bridgehead atoms. The molecule has 29 heavy (non-hydrogen) atoms. The molecule has 1 N–H and O–H groups in total. The molecule has 3 nitrogen and oxygen atoms in total. The van der Waals surface area contributed by atoms with Gasteiger partial charge in [-0.2, -0.15) is 0 Å². The molecule has 0 unspecified atom stereocenters. The lowest BCUT2D eigenvalue weighted by atomic mass is 9.96. The van der Waals surface area contributed by atoms with Crippen LogP contribution in [-0.4, -0.2) is 11.7 Å². The summed E-state index contributed by atoms with van der Waals surface area (Å²) in [6.45, 7) is 6.30. The first-order valence-corrected chi connectivity index (χ1v) is 10.0. The Hall–Kier alpha value is -3.20. The summed E-state index contributed by atoms with van der Waals surface area (Å²) in [5.74, 6) is 0.258. The molecule has 148 valence electrons. The second-order valence-corrected chi connectivity index (χ2v) is 7.82. The van der Waals surface area contributed by atoms with Gasteiger partial charge < -0.3 is 5.32 Å². The fourth-order valence-electron chi connectivity index (χ4n) is 3.28. The van der Waals surface area contributed by atoms with Crippen LogP contribution in [0.4, 0.5) is 5.69 Å². The van der Waals surface area contributed by atoms with Crippen LogP contribution in [0.15, 0.2) is 78.9 Å². The highest BCUT2D eigenvalue weighted by atomic mass is 16.2. The van der Waals surface area contributed by atoms with Crippen molar-refractivity contribution in [2.24, 2.45) is 5.92 Å². The Bertz CT molecular complexity index is 958. The zero-order chi connectivity index (χ0) is 20.8. The summed E-state index contributed by atoms with van der Waals surface area (Å²) in [7, 11) is 0. The maximum Gasteiger partial charge on any atom is 0.231 e. The standard InChI is InChI=1S/C26H27NO2/c1-18(2)17-20-9-11-21(12-10-20)19(3)26(29)27-24-15-13-23(14-16-24)25(28)22-7-5-4-6-8-22/h4-16,18-19H,17H2,1-3H3,(H,27,29)/t19-/m1/s1. The van der Waals surface area contributed by atoms with E-state index in [1.807, 2.05) is 37.3 Å². The largest absolute Gasteiger partial charge is 0.326 e. The number of rotatable bonds is 7. The van der Waals surface area contributed by atoms with E-state index < -0.39 is 0 Å². The molecule has 3 heteroatoms. The molecule has 0 fully saturated rings. The quantitative estimate of drug-likeness (QED) is 0.518. The van der Waals surface area contributed by atoms with E-state index in [-0.39, 0.29) is 17.6 Å². The van der Waals surface area contributed by atoms with Crippen LogP contribution in [-0.2, 0) is 11.2 Å². The van der Waals surface area contributed by atoms with Crippen molar-refractivity contribution in [3.63, 3.8) is 0 Å². The van der Waals surface area contributed by atoms with Gasteiger partial charge in [-0.15, -0.1) is 0 Å². The molecule has 0 aliphatic heterocycles. The molecule has 1 amide bonds. The summed E-state index contributed by atoms with van der Waals surface area (Å²) >= 11 is 0. The summed E-state index contributed by atoms with van der Waals surface area (Å²) in [4.78, 5) is 25.1. The minimum atomic E-state index is -0.256. The van der Waals surface area contributed by atoms with Crippen LogP contribution in [0, 0.1) is 5.92 Å². The van der Waals surface area contributed by atoms with Gasteiger partial charge in [0, 0.05) is 16.8 Å². The highest BCUT2D eigenvalue weighted by molar-refractivity contribution is 6.09. The number of anilines is 1. The van der Waals surface area contributed by atoms with Crippen molar-refractivity contribution in [2.45, 2.75) is 33.1 Å². The van der Waals surface area contributed by atoms with E-state index in [0.717, 1.165) is 12.0 Å². The van der Waals surface area contributed by atoms with Crippen LogP contribution in [0.1, 0.15) is 53.7 Å². The maximum atomic E-state index is 12.6. The number of hydrogen-bond donors (Lipinski definition) is 1. The number of carbonyl (C=O) groups excluding carboxylic acids is 2. The molecular formula is C26H27NO2. The lowest BCUT2D eigenvalue weighted by Crippen LogP contribution is -2.19. The fraction of sp³-hybridized carbons (Fsp3) is 0.231. The van der Waals surface area contributed by atoms with Crippen LogP contribution in [0.25, 0.3) is 0 Å². The third kappa shape index (κ3) is 5.41. The predicted octanol–water partition coefficient (Wildman–Crippen LogP) is 5.86. The lowest BCUT2D eigenvalue weighted by molar-refractivity contribution is -0.117. The zero-order valence-corrected chi connectivity index (χ0v) is 17.2. The second-order valence-electron chi connectivity index (χ2n) is 7.82. The van der Waals surface area contributed by atoms with E-state index >= 15 is 0 Å². The molecule has 0 aromatic heterocycles.